The Bertz CT molecular complexity index is 774. The van der Waals surface area contributed by atoms with Crippen molar-refractivity contribution in [2.24, 2.45) is 5.92 Å². The molecule has 1 saturated carbocycles. The van der Waals surface area contributed by atoms with Gasteiger partial charge in [0.15, 0.2) is 0 Å². The third-order valence-electron chi connectivity index (χ3n) is 5.44. The van der Waals surface area contributed by atoms with Crippen LogP contribution in [-0.2, 0) is 14.8 Å². The summed E-state index contributed by atoms with van der Waals surface area (Å²) in [6.07, 6.45) is 4.36. The number of methoxy groups -OCH3 is 1. The van der Waals surface area contributed by atoms with Crippen molar-refractivity contribution >= 4 is 15.9 Å². The molecule has 1 N–H and O–H groups in total. The summed E-state index contributed by atoms with van der Waals surface area (Å²) in [5, 5.41) is 3.07. The van der Waals surface area contributed by atoms with E-state index >= 15 is 0 Å². The molecule has 0 bridgehead atoms. The second-order valence-electron chi connectivity index (χ2n) is 7.22. The number of hydrogen-bond donors (Lipinski definition) is 1. The van der Waals surface area contributed by atoms with Crippen LogP contribution in [0.4, 0.5) is 0 Å². The van der Waals surface area contributed by atoms with Crippen molar-refractivity contribution in [2.45, 2.75) is 43.5 Å². The second kappa shape index (κ2) is 8.58. The number of nitrogens with zero attached hydrogens (tertiary/aromatic N) is 1. The summed E-state index contributed by atoms with van der Waals surface area (Å²) >= 11 is 0. The Kier molecular flexibility index (Phi) is 6.39. The van der Waals surface area contributed by atoms with Gasteiger partial charge in [0, 0.05) is 24.7 Å². The summed E-state index contributed by atoms with van der Waals surface area (Å²) in [7, 11) is -2.33. The Morgan fingerprint density at radius 1 is 1.22 bits per heavy atom. The monoisotopic (exact) mass is 396 g/mol. The Balaban J connectivity index is 1.85. The van der Waals surface area contributed by atoms with Crippen LogP contribution in [0.5, 0.6) is 5.75 Å². The van der Waals surface area contributed by atoms with Crippen molar-refractivity contribution in [3.05, 3.63) is 23.8 Å². The topological polar surface area (TPSA) is 84.9 Å². The first-order valence-corrected chi connectivity index (χ1v) is 10.9. The van der Waals surface area contributed by atoms with Crippen LogP contribution in [0, 0.1) is 5.92 Å². The van der Waals surface area contributed by atoms with Gasteiger partial charge in [0.05, 0.1) is 20.3 Å². The van der Waals surface area contributed by atoms with Gasteiger partial charge in [0.1, 0.15) is 10.6 Å². The number of amides is 1. The maximum absolute atomic E-state index is 13.0. The van der Waals surface area contributed by atoms with Crippen LogP contribution in [0.25, 0.3) is 0 Å². The summed E-state index contributed by atoms with van der Waals surface area (Å²) < 4.78 is 38.0. The molecule has 1 saturated heterocycles. The van der Waals surface area contributed by atoms with Gasteiger partial charge >= 0.3 is 0 Å². The number of carbonyl (C=O) groups excluding carboxylic acids is 1. The average molecular weight is 397 g/mol. The molecule has 1 aliphatic carbocycles. The molecule has 2 atom stereocenters. The van der Waals surface area contributed by atoms with Crippen LogP contribution in [0.3, 0.4) is 0 Å². The maximum atomic E-state index is 13.0. The highest BCUT2D eigenvalue weighted by Gasteiger charge is 2.30. The van der Waals surface area contributed by atoms with Crippen molar-refractivity contribution in [1.29, 1.82) is 0 Å². The normalized spacial score (nSPS) is 24.4. The van der Waals surface area contributed by atoms with Gasteiger partial charge in [-0.15, -0.1) is 0 Å². The van der Waals surface area contributed by atoms with Gasteiger partial charge in [0.25, 0.3) is 5.91 Å². The number of carbonyl (C=O) groups is 1. The third-order valence-corrected chi connectivity index (χ3v) is 7.36. The van der Waals surface area contributed by atoms with E-state index in [1.807, 2.05) is 0 Å². The molecule has 3 rings (SSSR count). The Hall–Kier alpha value is -1.64. The molecule has 8 heteroatoms. The molecule has 1 amide bonds. The molecule has 0 unspecified atom stereocenters. The molecule has 0 spiro atoms. The fourth-order valence-corrected chi connectivity index (χ4v) is 5.32. The van der Waals surface area contributed by atoms with Crippen LogP contribution in [-0.4, -0.2) is 58.1 Å². The maximum Gasteiger partial charge on any atom is 0.251 e. The minimum absolute atomic E-state index is 0.0243. The quantitative estimate of drug-likeness (QED) is 0.823. The summed E-state index contributed by atoms with van der Waals surface area (Å²) in [6, 6.07) is 4.71. The number of nitrogens with one attached hydrogen (secondary N) is 1. The highest BCUT2D eigenvalue weighted by atomic mass is 32.2. The molecular weight excluding hydrogens is 368 g/mol. The van der Waals surface area contributed by atoms with Gasteiger partial charge in [0.2, 0.25) is 10.0 Å². The molecular formula is C19H28N2O5S. The Labute approximate surface area is 161 Å². The fraction of sp³-hybridized carbons (Fsp3) is 0.632. The van der Waals surface area contributed by atoms with Gasteiger partial charge in [-0.2, -0.15) is 4.31 Å². The third kappa shape index (κ3) is 4.44. The van der Waals surface area contributed by atoms with Gasteiger partial charge in [-0.25, -0.2) is 8.42 Å². The zero-order valence-electron chi connectivity index (χ0n) is 15.9. The molecule has 150 valence electrons. The Morgan fingerprint density at radius 3 is 2.59 bits per heavy atom. The highest BCUT2D eigenvalue weighted by molar-refractivity contribution is 7.89. The Morgan fingerprint density at radius 2 is 1.93 bits per heavy atom. The smallest absolute Gasteiger partial charge is 0.251 e. The predicted molar refractivity (Wildman–Crippen MR) is 101 cm³/mol. The molecule has 0 radical (unpaired) electrons. The second-order valence-corrected chi connectivity index (χ2v) is 9.13. The zero-order chi connectivity index (χ0) is 19.4. The van der Waals surface area contributed by atoms with E-state index in [0.29, 0.717) is 37.8 Å². The van der Waals surface area contributed by atoms with Crippen molar-refractivity contribution < 1.29 is 22.7 Å². The lowest BCUT2D eigenvalue weighted by Crippen LogP contribution is -2.41. The lowest BCUT2D eigenvalue weighted by Gasteiger charge is -2.29. The van der Waals surface area contributed by atoms with E-state index in [1.165, 1.54) is 23.9 Å². The van der Waals surface area contributed by atoms with E-state index in [4.69, 9.17) is 9.47 Å². The molecule has 2 aliphatic rings. The van der Waals surface area contributed by atoms with Crippen LogP contribution in [0.1, 0.15) is 43.0 Å². The first-order chi connectivity index (χ1) is 12.9. The molecule has 0 aromatic heterocycles. The number of sulfonamides is 1. The SMILES string of the molecule is COc1ccc(C(=O)N[C@@H]2CCCC[C@@H]2C)cc1S(=O)(=O)N1CCOCC1. The van der Waals surface area contributed by atoms with Crippen LogP contribution >= 0.6 is 0 Å². The van der Waals surface area contributed by atoms with E-state index in [2.05, 4.69) is 12.2 Å². The minimum atomic E-state index is -3.76. The molecule has 1 heterocycles. The van der Waals surface area contributed by atoms with E-state index in [-0.39, 0.29) is 22.6 Å². The minimum Gasteiger partial charge on any atom is -0.495 e. The van der Waals surface area contributed by atoms with Gasteiger partial charge in [-0.1, -0.05) is 19.8 Å². The first-order valence-electron chi connectivity index (χ1n) is 9.50. The number of rotatable bonds is 5. The molecule has 1 aliphatic heterocycles. The largest absolute Gasteiger partial charge is 0.495 e. The van der Waals surface area contributed by atoms with Gasteiger partial charge in [-0.3, -0.25) is 4.79 Å². The standard InChI is InChI=1S/C19H28N2O5S/c1-14-5-3-4-6-16(14)20-19(22)15-7-8-17(25-2)18(13-15)27(23,24)21-9-11-26-12-10-21/h7-8,13-14,16H,3-6,9-12H2,1-2H3,(H,20,22)/t14-,16+/m0/s1. The van der Waals surface area contributed by atoms with E-state index in [9.17, 15) is 13.2 Å². The van der Waals surface area contributed by atoms with Crippen LogP contribution < -0.4 is 10.1 Å². The average Bonchev–Trinajstić information content (AvgIpc) is 2.69. The van der Waals surface area contributed by atoms with E-state index < -0.39 is 10.0 Å². The van der Waals surface area contributed by atoms with Crippen LogP contribution in [0.2, 0.25) is 0 Å². The zero-order valence-corrected chi connectivity index (χ0v) is 16.8. The van der Waals surface area contributed by atoms with E-state index in [1.54, 1.807) is 12.1 Å². The number of benzene rings is 1. The number of morpholine rings is 1. The first kappa shape index (κ1) is 20.1. The van der Waals surface area contributed by atoms with Crippen molar-refractivity contribution in [1.82, 2.24) is 9.62 Å². The van der Waals surface area contributed by atoms with Crippen LogP contribution in [0.15, 0.2) is 23.1 Å². The summed E-state index contributed by atoms with van der Waals surface area (Å²) in [4.78, 5) is 12.8. The lowest BCUT2D eigenvalue weighted by molar-refractivity contribution is 0.0729. The number of hydrogen-bond acceptors (Lipinski definition) is 5. The summed E-state index contributed by atoms with van der Waals surface area (Å²) in [6.45, 7) is 3.46. The molecule has 2 fully saturated rings. The van der Waals surface area contributed by atoms with Gasteiger partial charge < -0.3 is 14.8 Å². The molecule has 7 nitrogen and oxygen atoms in total. The lowest BCUT2D eigenvalue weighted by atomic mass is 9.86. The fourth-order valence-electron chi connectivity index (χ4n) is 3.73. The summed E-state index contributed by atoms with van der Waals surface area (Å²) in [5.41, 5.74) is 0.334. The molecule has 1 aromatic rings. The molecule has 27 heavy (non-hydrogen) atoms. The van der Waals surface area contributed by atoms with Crippen molar-refractivity contribution in [2.75, 3.05) is 33.4 Å². The number of ether oxygens (including phenoxy) is 2. The predicted octanol–water partition coefficient (Wildman–Crippen LogP) is 2.02. The van der Waals surface area contributed by atoms with Crippen molar-refractivity contribution in [3.63, 3.8) is 0 Å². The highest BCUT2D eigenvalue weighted by Crippen LogP contribution is 2.29. The summed E-state index contributed by atoms with van der Waals surface area (Å²) in [5.74, 6) is 0.427. The molecule has 1 aromatic carbocycles. The van der Waals surface area contributed by atoms with Crippen molar-refractivity contribution in [3.8, 4) is 5.75 Å². The van der Waals surface area contributed by atoms with Gasteiger partial charge in [-0.05, 0) is 37.0 Å². The van der Waals surface area contributed by atoms with E-state index in [0.717, 1.165) is 19.3 Å².